The largest absolute Gasteiger partial charge is 0.464 e. The fraction of sp³-hybridized carbons (Fsp3) is 0.111. The number of esters is 1. The summed E-state index contributed by atoms with van der Waals surface area (Å²) in [7, 11) is 1.26. The van der Waals surface area contributed by atoms with Crippen LogP contribution in [0.15, 0.2) is 54.6 Å². The van der Waals surface area contributed by atoms with Gasteiger partial charge in [-0.2, -0.15) is 5.10 Å². The van der Waals surface area contributed by atoms with E-state index in [1.54, 1.807) is 24.3 Å². The third-order valence-corrected chi connectivity index (χ3v) is 3.47. The van der Waals surface area contributed by atoms with Crippen molar-refractivity contribution in [1.82, 2.24) is 14.8 Å². The van der Waals surface area contributed by atoms with Gasteiger partial charge in [-0.05, 0) is 31.2 Å². The molecule has 0 radical (unpaired) electrons. The molecule has 0 spiro atoms. The fourth-order valence-corrected chi connectivity index (χ4v) is 2.31. The molecule has 3 aromatic rings. The van der Waals surface area contributed by atoms with Gasteiger partial charge in [0.05, 0.1) is 12.8 Å². The van der Waals surface area contributed by atoms with Gasteiger partial charge in [-0.1, -0.05) is 24.3 Å². The lowest BCUT2D eigenvalue weighted by Gasteiger charge is -2.08. The number of carbonyl (C=O) groups excluding carboxylic acids is 2. The molecule has 0 saturated carbocycles. The third kappa shape index (κ3) is 3.55. The number of carbonyl (C=O) groups is 2. The lowest BCUT2D eigenvalue weighted by molar-refractivity contribution is 0.0593. The zero-order valence-corrected chi connectivity index (χ0v) is 13.8. The number of methoxy groups -OCH3 is 1. The van der Waals surface area contributed by atoms with Crippen molar-refractivity contribution >= 4 is 17.7 Å². The van der Waals surface area contributed by atoms with E-state index in [4.69, 9.17) is 4.74 Å². The molecule has 1 N–H and O–H groups in total. The SMILES string of the molecule is COC(=O)c1cc(C(=O)Nc2cccc(C)n2)n(-c2ccccc2)n1. The molecule has 0 unspecified atom stereocenters. The van der Waals surface area contributed by atoms with Gasteiger partial charge in [0.25, 0.3) is 5.91 Å². The Morgan fingerprint density at radius 3 is 2.52 bits per heavy atom. The number of benzene rings is 1. The number of aryl methyl sites for hydroxylation is 1. The zero-order valence-electron chi connectivity index (χ0n) is 13.8. The summed E-state index contributed by atoms with van der Waals surface area (Å²) in [6.45, 7) is 1.83. The van der Waals surface area contributed by atoms with Crippen LogP contribution in [-0.4, -0.2) is 33.8 Å². The average molecular weight is 336 g/mol. The van der Waals surface area contributed by atoms with E-state index in [9.17, 15) is 9.59 Å². The van der Waals surface area contributed by atoms with E-state index >= 15 is 0 Å². The molecule has 3 rings (SSSR count). The van der Waals surface area contributed by atoms with Gasteiger partial charge in [-0.15, -0.1) is 0 Å². The lowest BCUT2D eigenvalue weighted by Crippen LogP contribution is -2.17. The molecule has 0 atom stereocenters. The predicted molar refractivity (Wildman–Crippen MR) is 91.8 cm³/mol. The Morgan fingerprint density at radius 2 is 1.84 bits per heavy atom. The Balaban J connectivity index is 2.00. The monoisotopic (exact) mass is 336 g/mol. The summed E-state index contributed by atoms with van der Waals surface area (Å²) < 4.78 is 6.10. The minimum absolute atomic E-state index is 0.0497. The molecule has 0 aliphatic carbocycles. The van der Waals surface area contributed by atoms with Crippen LogP contribution >= 0.6 is 0 Å². The van der Waals surface area contributed by atoms with E-state index in [1.165, 1.54) is 17.9 Å². The highest BCUT2D eigenvalue weighted by molar-refractivity contribution is 6.04. The molecule has 1 amide bonds. The van der Waals surface area contributed by atoms with Crippen LogP contribution in [0.5, 0.6) is 0 Å². The maximum Gasteiger partial charge on any atom is 0.358 e. The standard InChI is InChI=1S/C18H16N4O3/c1-12-7-6-10-16(19-12)20-17(23)15-11-14(18(24)25-2)21-22(15)13-8-4-3-5-9-13/h3-11H,1-2H3,(H,19,20,23). The minimum atomic E-state index is -0.614. The molecule has 0 aliphatic rings. The van der Waals surface area contributed by atoms with Crippen molar-refractivity contribution in [3.8, 4) is 5.69 Å². The summed E-state index contributed by atoms with van der Waals surface area (Å²) in [5.41, 5.74) is 1.69. The number of nitrogens with zero attached hydrogens (tertiary/aromatic N) is 3. The Morgan fingerprint density at radius 1 is 1.08 bits per heavy atom. The molecule has 0 bridgehead atoms. The molecule has 25 heavy (non-hydrogen) atoms. The van der Waals surface area contributed by atoms with Crippen molar-refractivity contribution in [3.05, 3.63) is 71.7 Å². The summed E-state index contributed by atoms with van der Waals surface area (Å²) in [5.74, 6) is -0.618. The summed E-state index contributed by atoms with van der Waals surface area (Å²) in [6.07, 6.45) is 0. The van der Waals surface area contributed by atoms with Crippen molar-refractivity contribution in [2.24, 2.45) is 0 Å². The number of aromatic nitrogens is 3. The summed E-state index contributed by atoms with van der Waals surface area (Å²) in [4.78, 5) is 28.7. The lowest BCUT2D eigenvalue weighted by atomic mass is 10.3. The highest BCUT2D eigenvalue weighted by Gasteiger charge is 2.21. The first-order valence-corrected chi connectivity index (χ1v) is 7.57. The van der Waals surface area contributed by atoms with Crippen LogP contribution in [-0.2, 0) is 4.74 Å². The van der Waals surface area contributed by atoms with Crippen LogP contribution in [0, 0.1) is 6.92 Å². The Bertz CT molecular complexity index is 919. The second kappa shape index (κ2) is 6.96. The molecule has 2 aromatic heterocycles. The van der Waals surface area contributed by atoms with Crippen LogP contribution in [0.2, 0.25) is 0 Å². The smallest absolute Gasteiger partial charge is 0.358 e. The number of amides is 1. The van der Waals surface area contributed by atoms with Gasteiger partial charge in [0.1, 0.15) is 11.5 Å². The van der Waals surface area contributed by atoms with Crippen molar-refractivity contribution in [1.29, 1.82) is 0 Å². The average Bonchev–Trinajstić information content (AvgIpc) is 3.07. The predicted octanol–water partition coefficient (Wildman–Crippen LogP) is 2.61. The maximum absolute atomic E-state index is 12.7. The van der Waals surface area contributed by atoms with E-state index in [0.717, 1.165) is 5.69 Å². The van der Waals surface area contributed by atoms with Gasteiger partial charge in [0.2, 0.25) is 0 Å². The summed E-state index contributed by atoms with van der Waals surface area (Å²) in [5, 5.41) is 6.91. The van der Waals surface area contributed by atoms with Crippen LogP contribution in [0.3, 0.4) is 0 Å². The fourth-order valence-electron chi connectivity index (χ4n) is 2.31. The number of pyridine rings is 1. The number of nitrogens with one attached hydrogen (secondary N) is 1. The van der Waals surface area contributed by atoms with Crippen LogP contribution < -0.4 is 5.32 Å². The van der Waals surface area contributed by atoms with E-state index in [-0.39, 0.29) is 11.4 Å². The second-order valence-corrected chi connectivity index (χ2v) is 5.27. The first-order valence-electron chi connectivity index (χ1n) is 7.57. The normalized spacial score (nSPS) is 10.3. The molecule has 2 heterocycles. The molecule has 7 nitrogen and oxygen atoms in total. The van der Waals surface area contributed by atoms with Crippen LogP contribution in [0.4, 0.5) is 5.82 Å². The topological polar surface area (TPSA) is 86.1 Å². The van der Waals surface area contributed by atoms with Crippen molar-refractivity contribution in [2.75, 3.05) is 12.4 Å². The first kappa shape index (κ1) is 16.4. The molecular weight excluding hydrogens is 320 g/mol. The number of anilines is 1. The molecule has 1 aromatic carbocycles. The van der Waals surface area contributed by atoms with Crippen LogP contribution in [0.25, 0.3) is 5.69 Å². The van der Waals surface area contributed by atoms with E-state index in [1.807, 2.05) is 31.2 Å². The number of hydrogen-bond donors (Lipinski definition) is 1. The quantitative estimate of drug-likeness (QED) is 0.740. The Kier molecular flexibility index (Phi) is 4.56. The highest BCUT2D eigenvalue weighted by Crippen LogP contribution is 2.15. The van der Waals surface area contributed by atoms with E-state index in [0.29, 0.717) is 11.5 Å². The van der Waals surface area contributed by atoms with Gasteiger partial charge in [0.15, 0.2) is 5.69 Å². The van der Waals surface area contributed by atoms with Crippen molar-refractivity contribution in [3.63, 3.8) is 0 Å². The van der Waals surface area contributed by atoms with Crippen LogP contribution in [0.1, 0.15) is 26.7 Å². The summed E-state index contributed by atoms with van der Waals surface area (Å²) >= 11 is 0. The third-order valence-electron chi connectivity index (χ3n) is 3.47. The first-order chi connectivity index (χ1) is 12.1. The minimum Gasteiger partial charge on any atom is -0.464 e. The van der Waals surface area contributed by atoms with Gasteiger partial charge in [0, 0.05) is 11.8 Å². The Hall–Kier alpha value is -3.48. The number of hydrogen-bond acceptors (Lipinski definition) is 5. The number of rotatable bonds is 4. The molecule has 126 valence electrons. The molecule has 0 saturated heterocycles. The molecule has 0 fully saturated rings. The molecule has 0 aliphatic heterocycles. The van der Waals surface area contributed by atoms with Gasteiger partial charge in [-0.25, -0.2) is 14.5 Å². The van der Waals surface area contributed by atoms with Gasteiger partial charge >= 0.3 is 5.97 Å². The Labute approximate surface area is 144 Å². The number of ether oxygens (including phenoxy) is 1. The van der Waals surface area contributed by atoms with E-state index in [2.05, 4.69) is 15.4 Å². The zero-order chi connectivity index (χ0) is 17.8. The van der Waals surface area contributed by atoms with Crippen molar-refractivity contribution < 1.29 is 14.3 Å². The van der Waals surface area contributed by atoms with Gasteiger partial charge < -0.3 is 10.1 Å². The van der Waals surface area contributed by atoms with E-state index < -0.39 is 11.9 Å². The second-order valence-electron chi connectivity index (χ2n) is 5.27. The summed E-state index contributed by atoms with van der Waals surface area (Å²) in [6, 6.07) is 15.8. The molecular formula is C18H16N4O3. The van der Waals surface area contributed by atoms with Crippen molar-refractivity contribution in [2.45, 2.75) is 6.92 Å². The molecule has 7 heteroatoms. The number of para-hydroxylation sites is 1. The maximum atomic E-state index is 12.7. The highest BCUT2D eigenvalue weighted by atomic mass is 16.5. The van der Waals surface area contributed by atoms with Gasteiger partial charge in [-0.3, -0.25) is 4.79 Å².